The number of nitrogens with zero attached hydrogens (tertiary/aromatic N) is 2. The molecule has 1 aromatic carbocycles. The molecule has 0 saturated heterocycles. The molecule has 4 nitrogen and oxygen atoms in total. The molecule has 1 heterocycles. The van der Waals surface area contributed by atoms with Gasteiger partial charge in [0.05, 0.1) is 18.7 Å². The van der Waals surface area contributed by atoms with Crippen molar-refractivity contribution in [3.05, 3.63) is 47.0 Å². The van der Waals surface area contributed by atoms with Crippen LogP contribution in [0.25, 0.3) is 0 Å². The van der Waals surface area contributed by atoms with Crippen molar-refractivity contribution < 1.29 is 9.53 Å². The fraction of sp³-hybridized carbons (Fsp3) is 0.375. The molecule has 0 amide bonds. The second-order valence-corrected chi connectivity index (χ2v) is 5.54. The molecule has 1 aromatic heterocycles. The van der Waals surface area contributed by atoms with E-state index in [2.05, 4.69) is 9.88 Å². The topological polar surface area (TPSA) is 42.4 Å². The van der Waals surface area contributed by atoms with Crippen LogP contribution < -0.4 is 4.90 Å². The lowest BCUT2D eigenvalue weighted by Crippen LogP contribution is -2.22. The number of anilines is 1. The Morgan fingerprint density at radius 2 is 2.10 bits per heavy atom. The number of hydrogen-bond acceptors (Lipinski definition) is 5. The summed E-state index contributed by atoms with van der Waals surface area (Å²) in [5, 5.41) is 2.87. The third kappa shape index (κ3) is 4.65. The number of rotatable bonds is 8. The lowest BCUT2D eigenvalue weighted by Gasteiger charge is -2.14. The van der Waals surface area contributed by atoms with E-state index < -0.39 is 0 Å². The summed E-state index contributed by atoms with van der Waals surface area (Å²) < 4.78 is 5.34. The predicted octanol–water partition coefficient (Wildman–Crippen LogP) is 3.04. The fourth-order valence-electron chi connectivity index (χ4n) is 1.88. The van der Waals surface area contributed by atoms with Gasteiger partial charge in [-0.1, -0.05) is 30.3 Å². The van der Waals surface area contributed by atoms with Crippen LogP contribution in [0.4, 0.5) is 5.13 Å². The van der Waals surface area contributed by atoms with Gasteiger partial charge < -0.3 is 9.64 Å². The zero-order chi connectivity index (χ0) is 15.1. The van der Waals surface area contributed by atoms with Gasteiger partial charge in [0.1, 0.15) is 0 Å². The Morgan fingerprint density at radius 3 is 2.81 bits per heavy atom. The monoisotopic (exact) mass is 304 g/mol. The summed E-state index contributed by atoms with van der Waals surface area (Å²) in [5.74, 6) is 0.101. The van der Waals surface area contributed by atoms with Gasteiger partial charge in [0, 0.05) is 31.1 Å². The van der Waals surface area contributed by atoms with Crippen LogP contribution >= 0.6 is 11.3 Å². The standard InChI is InChI=1S/C16H20N2O2S/c1-3-20-10-9-18(2)16-17-14(12-21-16)11-15(19)13-7-5-4-6-8-13/h4-8,12H,3,9-11H2,1-2H3. The first-order chi connectivity index (χ1) is 10.2. The molecule has 0 atom stereocenters. The zero-order valence-electron chi connectivity index (χ0n) is 12.4. The van der Waals surface area contributed by atoms with E-state index in [-0.39, 0.29) is 5.78 Å². The van der Waals surface area contributed by atoms with Gasteiger partial charge in [-0.25, -0.2) is 4.98 Å². The van der Waals surface area contributed by atoms with Crippen molar-refractivity contribution in [3.8, 4) is 0 Å². The maximum atomic E-state index is 12.1. The van der Waals surface area contributed by atoms with Crippen molar-refractivity contribution in [3.63, 3.8) is 0 Å². The van der Waals surface area contributed by atoms with Crippen LogP contribution in [-0.4, -0.2) is 37.6 Å². The van der Waals surface area contributed by atoms with Crippen molar-refractivity contribution in [2.24, 2.45) is 0 Å². The average Bonchev–Trinajstić information content (AvgIpc) is 2.97. The van der Waals surface area contributed by atoms with E-state index in [0.717, 1.165) is 29.5 Å². The van der Waals surface area contributed by atoms with Crippen molar-refractivity contribution >= 4 is 22.3 Å². The van der Waals surface area contributed by atoms with E-state index in [1.165, 1.54) is 0 Å². The molecule has 0 aliphatic heterocycles. The molecule has 112 valence electrons. The number of carbonyl (C=O) groups excluding carboxylic acids is 1. The molecular weight excluding hydrogens is 284 g/mol. The minimum Gasteiger partial charge on any atom is -0.380 e. The molecular formula is C16H20N2O2S. The van der Waals surface area contributed by atoms with Gasteiger partial charge in [0.15, 0.2) is 10.9 Å². The third-order valence-corrected chi connectivity index (χ3v) is 4.08. The minimum absolute atomic E-state index is 0.101. The van der Waals surface area contributed by atoms with Crippen LogP contribution in [0.5, 0.6) is 0 Å². The predicted molar refractivity (Wildman–Crippen MR) is 86.4 cm³/mol. The molecule has 21 heavy (non-hydrogen) atoms. The van der Waals surface area contributed by atoms with E-state index in [9.17, 15) is 4.79 Å². The highest BCUT2D eigenvalue weighted by molar-refractivity contribution is 7.13. The number of benzene rings is 1. The van der Waals surface area contributed by atoms with E-state index in [4.69, 9.17) is 4.74 Å². The van der Waals surface area contributed by atoms with Crippen LogP contribution in [-0.2, 0) is 11.2 Å². The first-order valence-corrected chi connectivity index (χ1v) is 7.90. The van der Waals surface area contributed by atoms with E-state index in [0.29, 0.717) is 13.0 Å². The molecule has 0 saturated carbocycles. The number of thiazole rings is 1. The number of likely N-dealkylation sites (N-methyl/N-ethyl adjacent to an activating group) is 1. The maximum absolute atomic E-state index is 12.1. The zero-order valence-corrected chi connectivity index (χ0v) is 13.2. The first-order valence-electron chi connectivity index (χ1n) is 7.02. The fourth-order valence-corrected chi connectivity index (χ4v) is 2.70. The van der Waals surface area contributed by atoms with E-state index in [1.807, 2.05) is 49.7 Å². The van der Waals surface area contributed by atoms with E-state index >= 15 is 0 Å². The first kappa shape index (κ1) is 15.7. The van der Waals surface area contributed by atoms with Crippen molar-refractivity contribution in [2.75, 3.05) is 31.7 Å². The minimum atomic E-state index is 0.101. The summed E-state index contributed by atoms with van der Waals surface area (Å²) in [4.78, 5) is 18.7. The van der Waals surface area contributed by atoms with Crippen LogP contribution in [0.2, 0.25) is 0 Å². The van der Waals surface area contributed by atoms with Crippen molar-refractivity contribution in [1.29, 1.82) is 0 Å². The molecule has 0 spiro atoms. The number of carbonyl (C=O) groups is 1. The number of hydrogen-bond donors (Lipinski definition) is 0. The largest absolute Gasteiger partial charge is 0.380 e. The number of ketones is 1. The molecule has 0 radical (unpaired) electrons. The maximum Gasteiger partial charge on any atom is 0.185 e. The summed E-state index contributed by atoms with van der Waals surface area (Å²) in [6.07, 6.45) is 0.347. The Kier molecular flexibility index (Phi) is 5.90. The van der Waals surface area contributed by atoms with Gasteiger partial charge in [-0.2, -0.15) is 0 Å². The molecule has 0 unspecified atom stereocenters. The van der Waals surface area contributed by atoms with Gasteiger partial charge in [-0.3, -0.25) is 4.79 Å². The molecule has 0 bridgehead atoms. The van der Waals surface area contributed by atoms with Crippen molar-refractivity contribution in [2.45, 2.75) is 13.3 Å². The number of Topliss-reactive ketones (excluding diaryl/α,β-unsaturated/α-hetero) is 1. The van der Waals surface area contributed by atoms with Gasteiger partial charge in [-0.05, 0) is 6.92 Å². The summed E-state index contributed by atoms with van der Waals surface area (Å²) in [6, 6.07) is 9.33. The molecule has 0 N–H and O–H groups in total. The normalized spacial score (nSPS) is 10.6. The highest BCUT2D eigenvalue weighted by atomic mass is 32.1. The highest BCUT2D eigenvalue weighted by Gasteiger charge is 2.11. The Hall–Kier alpha value is -1.72. The lowest BCUT2D eigenvalue weighted by atomic mass is 10.1. The number of ether oxygens (including phenoxy) is 1. The second-order valence-electron chi connectivity index (χ2n) is 4.71. The molecule has 0 aliphatic rings. The SMILES string of the molecule is CCOCCN(C)c1nc(CC(=O)c2ccccc2)cs1. The quantitative estimate of drug-likeness (QED) is 0.555. The smallest absolute Gasteiger partial charge is 0.185 e. The lowest BCUT2D eigenvalue weighted by molar-refractivity contribution is 0.0992. The van der Waals surface area contributed by atoms with Gasteiger partial charge in [0.25, 0.3) is 0 Å². The van der Waals surface area contributed by atoms with Crippen LogP contribution in [0.15, 0.2) is 35.7 Å². The Bertz CT molecular complexity index is 569. The second kappa shape index (κ2) is 7.90. The Balaban J connectivity index is 1.92. The van der Waals surface area contributed by atoms with Crippen LogP contribution in [0.3, 0.4) is 0 Å². The van der Waals surface area contributed by atoms with Crippen LogP contribution in [0.1, 0.15) is 23.0 Å². The summed E-state index contributed by atoms with van der Waals surface area (Å²) in [6.45, 7) is 4.19. The molecule has 0 fully saturated rings. The van der Waals surface area contributed by atoms with Gasteiger partial charge in [-0.15, -0.1) is 11.3 Å². The van der Waals surface area contributed by atoms with Gasteiger partial charge in [0.2, 0.25) is 0 Å². The molecule has 2 aromatic rings. The highest BCUT2D eigenvalue weighted by Crippen LogP contribution is 2.20. The Morgan fingerprint density at radius 1 is 1.33 bits per heavy atom. The molecule has 2 rings (SSSR count). The van der Waals surface area contributed by atoms with Crippen molar-refractivity contribution in [1.82, 2.24) is 4.98 Å². The third-order valence-electron chi connectivity index (χ3n) is 3.08. The van der Waals surface area contributed by atoms with E-state index in [1.54, 1.807) is 11.3 Å². The summed E-state index contributed by atoms with van der Waals surface area (Å²) in [5.41, 5.74) is 1.56. The Labute approximate surface area is 129 Å². The molecule has 0 aliphatic carbocycles. The number of aromatic nitrogens is 1. The average molecular weight is 304 g/mol. The van der Waals surface area contributed by atoms with Gasteiger partial charge >= 0.3 is 0 Å². The molecule has 5 heteroatoms. The summed E-state index contributed by atoms with van der Waals surface area (Å²) in [7, 11) is 1.99. The summed E-state index contributed by atoms with van der Waals surface area (Å²) >= 11 is 1.56. The van der Waals surface area contributed by atoms with Crippen LogP contribution in [0, 0.1) is 0 Å².